The van der Waals surface area contributed by atoms with Crippen molar-refractivity contribution in [1.82, 2.24) is 14.8 Å². The van der Waals surface area contributed by atoms with Gasteiger partial charge in [-0.25, -0.2) is 0 Å². The third-order valence-corrected chi connectivity index (χ3v) is 7.19. The predicted molar refractivity (Wildman–Crippen MR) is 128 cm³/mol. The summed E-state index contributed by atoms with van der Waals surface area (Å²) in [5.74, 6) is 1.31. The molecule has 1 amide bonds. The number of aromatic nitrogens is 1. The van der Waals surface area contributed by atoms with Crippen LogP contribution in [-0.4, -0.2) is 53.0 Å². The Morgan fingerprint density at radius 1 is 1.03 bits per heavy atom. The molecule has 0 aliphatic carbocycles. The number of hydrogen-bond donors (Lipinski definition) is 0. The highest BCUT2D eigenvalue weighted by molar-refractivity contribution is 5.83. The average molecular weight is 436 g/mol. The van der Waals surface area contributed by atoms with Crippen LogP contribution in [0.3, 0.4) is 0 Å². The summed E-state index contributed by atoms with van der Waals surface area (Å²) in [4.78, 5) is 22.7. The number of fused-ring (bicyclic) bond motifs is 1. The number of nitrogens with zero attached hydrogens (tertiary/aromatic N) is 3. The summed E-state index contributed by atoms with van der Waals surface area (Å²) in [5.41, 5.74) is 2.29. The van der Waals surface area contributed by atoms with Crippen LogP contribution in [0.2, 0.25) is 0 Å². The number of amides is 1. The molecule has 1 aromatic heterocycles. The number of pyridine rings is 1. The SMILES string of the molecule is CC(C)N1CCOc2ccccc2CCCCC2(CCN(Cc3cccnc3)CC2)C1=O. The Morgan fingerprint density at radius 3 is 2.59 bits per heavy atom. The van der Waals surface area contributed by atoms with Crippen LogP contribution in [0.4, 0.5) is 0 Å². The van der Waals surface area contributed by atoms with Gasteiger partial charge >= 0.3 is 0 Å². The highest BCUT2D eigenvalue weighted by Gasteiger charge is 2.43. The molecule has 0 atom stereocenters. The summed E-state index contributed by atoms with van der Waals surface area (Å²) < 4.78 is 6.14. The molecule has 0 bridgehead atoms. The Morgan fingerprint density at radius 2 is 1.84 bits per heavy atom. The van der Waals surface area contributed by atoms with Gasteiger partial charge in [0.1, 0.15) is 12.4 Å². The first kappa shape index (κ1) is 22.8. The summed E-state index contributed by atoms with van der Waals surface area (Å²) >= 11 is 0. The van der Waals surface area contributed by atoms with E-state index in [0.29, 0.717) is 19.1 Å². The first-order chi connectivity index (χ1) is 15.6. The molecule has 1 aromatic carbocycles. The quantitative estimate of drug-likeness (QED) is 0.701. The molecule has 1 spiro atoms. The fourth-order valence-corrected chi connectivity index (χ4v) is 5.24. The smallest absolute Gasteiger partial charge is 0.229 e. The van der Waals surface area contributed by atoms with E-state index >= 15 is 0 Å². The van der Waals surface area contributed by atoms with Gasteiger partial charge in [-0.15, -0.1) is 0 Å². The number of aryl methyl sites for hydroxylation is 1. The largest absolute Gasteiger partial charge is 0.491 e. The third kappa shape index (κ3) is 5.32. The lowest BCUT2D eigenvalue weighted by atomic mass is 9.72. The van der Waals surface area contributed by atoms with Crippen molar-refractivity contribution in [3.63, 3.8) is 0 Å². The van der Waals surface area contributed by atoms with Gasteiger partial charge in [0.05, 0.1) is 12.0 Å². The van der Waals surface area contributed by atoms with Gasteiger partial charge < -0.3 is 9.64 Å². The Kier molecular flexibility index (Phi) is 7.46. The lowest BCUT2D eigenvalue weighted by Crippen LogP contribution is -2.53. The van der Waals surface area contributed by atoms with Crippen molar-refractivity contribution in [2.75, 3.05) is 26.2 Å². The summed E-state index contributed by atoms with van der Waals surface area (Å²) in [5, 5.41) is 0. The van der Waals surface area contributed by atoms with Crippen LogP contribution in [-0.2, 0) is 17.8 Å². The molecule has 32 heavy (non-hydrogen) atoms. The number of carbonyl (C=O) groups is 1. The zero-order chi connectivity index (χ0) is 22.4. The van der Waals surface area contributed by atoms with E-state index in [0.717, 1.165) is 63.9 Å². The topological polar surface area (TPSA) is 45.7 Å². The average Bonchev–Trinajstić information content (AvgIpc) is 2.81. The molecule has 2 aliphatic rings. The molecular formula is C27H37N3O2. The second-order valence-corrected chi connectivity index (χ2v) is 9.67. The van der Waals surface area contributed by atoms with Crippen LogP contribution >= 0.6 is 0 Å². The molecule has 1 saturated heterocycles. The minimum Gasteiger partial charge on any atom is -0.491 e. The molecule has 2 aromatic rings. The molecule has 1 fully saturated rings. The van der Waals surface area contributed by atoms with Gasteiger partial charge in [0, 0.05) is 25.0 Å². The summed E-state index contributed by atoms with van der Waals surface area (Å²) in [6.07, 6.45) is 9.82. The molecule has 2 aliphatic heterocycles. The molecule has 3 heterocycles. The van der Waals surface area contributed by atoms with Crippen LogP contribution in [0.1, 0.15) is 57.1 Å². The standard InChI is InChI=1S/C27H37N3O2/c1-22(2)30-18-19-32-25-11-4-3-9-24(25)10-5-6-12-27(26(30)31)13-16-29(17-14-27)21-23-8-7-15-28-20-23/h3-4,7-9,11,15,20,22H,5-6,10,12-14,16-19,21H2,1-2H3. The minimum atomic E-state index is -0.242. The highest BCUT2D eigenvalue weighted by Crippen LogP contribution is 2.40. The molecule has 5 nitrogen and oxygen atoms in total. The molecule has 0 saturated carbocycles. The Bertz CT molecular complexity index is 875. The summed E-state index contributed by atoms with van der Waals surface area (Å²) in [6, 6.07) is 12.7. The van der Waals surface area contributed by atoms with Crippen molar-refractivity contribution in [3.8, 4) is 5.75 Å². The summed E-state index contributed by atoms with van der Waals surface area (Å²) in [6.45, 7) is 8.29. The van der Waals surface area contributed by atoms with Gasteiger partial charge in [-0.2, -0.15) is 0 Å². The highest BCUT2D eigenvalue weighted by atomic mass is 16.5. The van der Waals surface area contributed by atoms with E-state index in [-0.39, 0.29) is 11.5 Å². The molecule has 0 radical (unpaired) electrons. The zero-order valence-corrected chi connectivity index (χ0v) is 19.6. The molecule has 0 N–H and O–H groups in total. The van der Waals surface area contributed by atoms with Gasteiger partial charge in [-0.05, 0) is 82.3 Å². The molecule has 4 rings (SSSR count). The van der Waals surface area contributed by atoms with E-state index in [1.165, 1.54) is 11.1 Å². The second kappa shape index (κ2) is 10.5. The van der Waals surface area contributed by atoms with Gasteiger partial charge in [-0.3, -0.25) is 14.7 Å². The van der Waals surface area contributed by atoms with Crippen molar-refractivity contribution in [3.05, 3.63) is 59.9 Å². The van der Waals surface area contributed by atoms with Crippen LogP contribution in [0, 0.1) is 5.41 Å². The van der Waals surface area contributed by atoms with Crippen LogP contribution in [0.15, 0.2) is 48.8 Å². The second-order valence-electron chi connectivity index (χ2n) is 9.67. The lowest BCUT2D eigenvalue weighted by Gasteiger charge is -2.44. The van der Waals surface area contributed by atoms with Crippen molar-refractivity contribution in [2.45, 2.75) is 65.0 Å². The fourth-order valence-electron chi connectivity index (χ4n) is 5.24. The Labute approximate surface area is 192 Å². The van der Waals surface area contributed by atoms with Crippen LogP contribution in [0.25, 0.3) is 0 Å². The number of para-hydroxylation sites is 1. The van der Waals surface area contributed by atoms with E-state index < -0.39 is 0 Å². The maximum Gasteiger partial charge on any atom is 0.229 e. The summed E-state index contributed by atoms with van der Waals surface area (Å²) in [7, 11) is 0. The maximum atomic E-state index is 13.9. The monoisotopic (exact) mass is 435 g/mol. The van der Waals surface area contributed by atoms with Gasteiger partial charge in [0.2, 0.25) is 5.91 Å². The first-order valence-electron chi connectivity index (χ1n) is 12.2. The number of rotatable bonds is 3. The predicted octanol–water partition coefficient (Wildman–Crippen LogP) is 4.71. The van der Waals surface area contributed by atoms with Crippen LogP contribution < -0.4 is 4.74 Å². The zero-order valence-electron chi connectivity index (χ0n) is 19.6. The minimum absolute atomic E-state index is 0.176. The van der Waals surface area contributed by atoms with E-state index in [1.54, 1.807) is 0 Å². The van der Waals surface area contributed by atoms with E-state index in [2.05, 4.69) is 52.9 Å². The van der Waals surface area contributed by atoms with Crippen molar-refractivity contribution >= 4 is 5.91 Å². The van der Waals surface area contributed by atoms with Crippen molar-refractivity contribution in [1.29, 1.82) is 0 Å². The Hall–Kier alpha value is -2.40. The number of benzene rings is 1. The number of piperidine rings is 1. The maximum absolute atomic E-state index is 13.9. The molecule has 172 valence electrons. The number of likely N-dealkylation sites (tertiary alicyclic amines) is 1. The van der Waals surface area contributed by atoms with Crippen molar-refractivity contribution in [2.24, 2.45) is 5.41 Å². The molecule has 0 unspecified atom stereocenters. The fraction of sp³-hybridized carbons (Fsp3) is 0.556. The Balaban J connectivity index is 1.49. The number of hydrogen-bond acceptors (Lipinski definition) is 4. The van der Waals surface area contributed by atoms with E-state index in [1.807, 2.05) is 24.5 Å². The lowest BCUT2D eigenvalue weighted by molar-refractivity contribution is -0.148. The first-order valence-corrected chi connectivity index (χ1v) is 12.2. The van der Waals surface area contributed by atoms with Gasteiger partial charge in [-0.1, -0.05) is 30.7 Å². The molecular weight excluding hydrogens is 398 g/mol. The number of carbonyl (C=O) groups excluding carboxylic acids is 1. The number of ether oxygens (including phenoxy) is 1. The van der Waals surface area contributed by atoms with E-state index in [4.69, 9.17) is 4.74 Å². The van der Waals surface area contributed by atoms with E-state index in [9.17, 15) is 4.79 Å². The molecule has 5 heteroatoms. The van der Waals surface area contributed by atoms with Crippen LogP contribution in [0.5, 0.6) is 5.75 Å². The normalized spacial score (nSPS) is 20.3. The van der Waals surface area contributed by atoms with Crippen molar-refractivity contribution < 1.29 is 9.53 Å². The third-order valence-electron chi connectivity index (χ3n) is 7.19. The van der Waals surface area contributed by atoms with Gasteiger partial charge in [0.15, 0.2) is 0 Å². The van der Waals surface area contributed by atoms with Gasteiger partial charge in [0.25, 0.3) is 0 Å².